The lowest BCUT2D eigenvalue weighted by molar-refractivity contribution is 0.560. The third kappa shape index (κ3) is 2.75. The van der Waals surface area contributed by atoms with Crippen LogP contribution >= 0.6 is 0 Å². The van der Waals surface area contributed by atoms with Crippen molar-refractivity contribution < 1.29 is 0 Å². The molecular weight excluding hydrogens is 132 g/mol. The minimum absolute atomic E-state index is 0.786. The van der Waals surface area contributed by atoms with Gasteiger partial charge in [0.15, 0.2) is 0 Å². The fraction of sp³-hybridized carbons (Fsp3) is 0.455. The van der Waals surface area contributed by atoms with Gasteiger partial charge in [0.05, 0.1) is 0 Å². The second kappa shape index (κ2) is 4.17. The van der Waals surface area contributed by atoms with Crippen molar-refractivity contribution in [3.05, 3.63) is 35.9 Å². The van der Waals surface area contributed by atoms with Crippen LogP contribution < -0.4 is 0 Å². The summed E-state index contributed by atoms with van der Waals surface area (Å²) in [6.45, 7) is 4.51. The lowest BCUT2D eigenvalue weighted by Gasteiger charge is -2.06. The van der Waals surface area contributed by atoms with Gasteiger partial charge in [0.1, 0.15) is 0 Å². The second-order valence-corrected chi connectivity index (χ2v) is 3.11. The van der Waals surface area contributed by atoms with Gasteiger partial charge in [-0.3, -0.25) is 0 Å². The monoisotopic (exact) mass is 147 g/mol. The topological polar surface area (TPSA) is 0 Å². The first-order valence-corrected chi connectivity index (χ1v) is 4.28. The van der Waals surface area contributed by atoms with Crippen LogP contribution in [0, 0.1) is 12.0 Å². The van der Waals surface area contributed by atoms with Gasteiger partial charge in [-0.1, -0.05) is 44.5 Å². The third-order valence-electron chi connectivity index (χ3n) is 2.04. The van der Waals surface area contributed by atoms with Crippen LogP contribution in [-0.2, 0) is 6.42 Å². The van der Waals surface area contributed by atoms with Gasteiger partial charge in [-0.25, -0.2) is 0 Å². The zero-order chi connectivity index (χ0) is 8.10. The summed E-state index contributed by atoms with van der Waals surface area (Å²) in [6.07, 6.45) is 2.42. The smallest absolute Gasteiger partial charge is 0.0149 e. The molecule has 1 aromatic rings. The van der Waals surface area contributed by atoms with E-state index in [1.165, 1.54) is 12.0 Å². The first kappa shape index (κ1) is 8.32. The fourth-order valence-corrected chi connectivity index (χ4v) is 1.08. The summed E-state index contributed by atoms with van der Waals surface area (Å²) in [6, 6.07) is 11.5. The van der Waals surface area contributed by atoms with Crippen LogP contribution in [0.4, 0.5) is 0 Å². The first-order valence-electron chi connectivity index (χ1n) is 4.28. The summed E-state index contributed by atoms with van der Waals surface area (Å²) >= 11 is 0. The molecule has 0 heterocycles. The lowest BCUT2D eigenvalue weighted by Crippen LogP contribution is -1.96. The fourth-order valence-electron chi connectivity index (χ4n) is 1.08. The number of hydrogen-bond donors (Lipinski definition) is 0. The van der Waals surface area contributed by atoms with E-state index in [1.807, 2.05) is 12.1 Å². The molecule has 0 saturated carbocycles. The van der Waals surface area contributed by atoms with Gasteiger partial charge in [-0.2, -0.15) is 0 Å². The van der Waals surface area contributed by atoms with E-state index < -0.39 is 0 Å². The summed E-state index contributed by atoms with van der Waals surface area (Å²) in [4.78, 5) is 0. The summed E-state index contributed by atoms with van der Waals surface area (Å²) in [5, 5.41) is 0. The molecule has 0 amide bonds. The van der Waals surface area contributed by atoms with Crippen LogP contribution in [0.1, 0.15) is 25.8 Å². The normalized spacial score (nSPS) is 12.9. The zero-order valence-electron chi connectivity index (χ0n) is 7.30. The maximum Gasteiger partial charge on any atom is -0.0149 e. The van der Waals surface area contributed by atoms with E-state index in [2.05, 4.69) is 32.0 Å². The minimum atomic E-state index is 0.786. The average Bonchev–Trinajstić information content (AvgIpc) is 2.06. The van der Waals surface area contributed by atoms with Gasteiger partial charge in [-0.05, 0) is 24.0 Å². The van der Waals surface area contributed by atoms with Crippen molar-refractivity contribution >= 4 is 0 Å². The van der Waals surface area contributed by atoms with Crippen molar-refractivity contribution in [2.24, 2.45) is 5.92 Å². The highest BCUT2D eigenvalue weighted by Crippen LogP contribution is 2.09. The quantitative estimate of drug-likeness (QED) is 0.616. The molecule has 1 atom stereocenters. The van der Waals surface area contributed by atoms with E-state index in [0.29, 0.717) is 0 Å². The molecule has 1 radical (unpaired) electrons. The maximum atomic E-state index is 3.23. The molecule has 0 bridgehead atoms. The van der Waals surface area contributed by atoms with Gasteiger partial charge < -0.3 is 0 Å². The Balaban J connectivity index is 2.51. The van der Waals surface area contributed by atoms with Crippen LogP contribution in [0.25, 0.3) is 0 Å². The zero-order valence-corrected chi connectivity index (χ0v) is 7.30. The van der Waals surface area contributed by atoms with E-state index in [4.69, 9.17) is 0 Å². The molecule has 11 heavy (non-hydrogen) atoms. The van der Waals surface area contributed by atoms with Crippen LogP contribution in [0.5, 0.6) is 0 Å². The Hall–Kier alpha value is -0.780. The minimum Gasteiger partial charge on any atom is -0.0651 e. The summed E-state index contributed by atoms with van der Waals surface area (Å²) in [5.41, 5.74) is 1.34. The second-order valence-electron chi connectivity index (χ2n) is 3.11. The molecule has 1 aromatic carbocycles. The molecule has 0 aliphatic heterocycles. The Kier molecular flexibility index (Phi) is 3.15. The Morgan fingerprint density at radius 2 is 2.27 bits per heavy atom. The van der Waals surface area contributed by atoms with Crippen molar-refractivity contribution in [2.45, 2.75) is 26.7 Å². The molecule has 59 valence electrons. The lowest BCUT2D eigenvalue weighted by atomic mass is 9.99. The molecule has 0 aliphatic rings. The molecule has 0 nitrogen and oxygen atoms in total. The molecule has 0 fully saturated rings. The SMILES string of the molecule is CC[C@H](C)Cc1[c]cccc1. The highest BCUT2D eigenvalue weighted by Gasteiger charge is 1.98. The van der Waals surface area contributed by atoms with Crippen molar-refractivity contribution in [1.29, 1.82) is 0 Å². The molecule has 0 aromatic heterocycles. The molecule has 0 heteroatoms. The van der Waals surface area contributed by atoms with Crippen molar-refractivity contribution in [3.63, 3.8) is 0 Å². The molecule has 0 unspecified atom stereocenters. The van der Waals surface area contributed by atoms with Crippen LogP contribution in [0.3, 0.4) is 0 Å². The number of hydrogen-bond acceptors (Lipinski definition) is 0. The van der Waals surface area contributed by atoms with E-state index in [0.717, 1.165) is 12.3 Å². The molecule has 0 N–H and O–H groups in total. The van der Waals surface area contributed by atoms with Crippen molar-refractivity contribution in [1.82, 2.24) is 0 Å². The van der Waals surface area contributed by atoms with E-state index in [-0.39, 0.29) is 0 Å². The largest absolute Gasteiger partial charge is 0.0651 e. The highest BCUT2D eigenvalue weighted by molar-refractivity contribution is 5.13. The average molecular weight is 147 g/mol. The van der Waals surface area contributed by atoms with Crippen LogP contribution in [0.15, 0.2) is 24.3 Å². The van der Waals surface area contributed by atoms with E-state index in [1.54, 1.807) is 0 Å². The highest BCUT2D eigenvalue weighted by atomic mass is 14.0. The first-order chi connectivity index (χ1) is 5.33. The summed E-state index contributed by atoms with van der Waals surface area (Å²) in [7, 11) is 0. The predicted octanol–water partition coefficient (Wildman–Crippen LogP) is 3.08. The Morgan fingerprint density at radius 3 is 2.82 bits per heavy atom. The van der Waals surface area contributed by atoms with Crippen molar-refractivity contribution in [2.75, 3.05) is 0 Å². The van der Waals surface area contributed by atoms with Crippen LogP contribution in [-0.4, -0.2) is 0 Å². The third-order valence-corrected chi connectivity index (χ3v) is 2.04. The number of rotatable bonds is 3. The molecular formula is C11H15. The Morgan fingerprint density at radius 1 is 1.45 bits per heavy atom. The predicted molar refractivity (Wildman–Crippen MR) is 48.4 cm³/mol. The van der Waals surface area contributed by atoms with Gasteiger partial charge in [0, 0.05) is 0 Å². The summed E-state index contributed by atoms with van der Waals surface area (Å²) in [5.74, 6) is 0.786. The van der Waals surface area contributed by atoms with Gasteiger partial charge >= 0.3 is 0 Å². The molecule has 0 saturated heterocycles. The maximum absolute atomic E-state index is 3.23. The number of benzene rings is 1. The Labute approximate surface area is 69.3 Å². The molecule has 0 spiro atoms. The molecule has 1 rings (SSSR count). The van der Waals surface area contributed by atoms with Crippen LogP contribution in [0.2, 0.25) is 0 Å². The van der Waals surface area contributed by atoms with Gasteiger partial charge in [0.25, 0.3) is 0 Å². The van der Waals surface area contributed by atoms with E-state index >= 15 is 0 Å². The Bertz CT molecular complexity index is 188. The van der Waals surface area contributed by atoms with Gasteiger partial charge in [0.2, 0.25) is 0 Å². The van der Waals surface area contributed by atoms with E-state index in [9.17, 15) is 0 Å². The standard InChI is InChI=1S/C11H15/c1-3-10(2)9-11-7-5-4-6-8-11/h4-7,10H,3,9H2,1-2H3/t10-/m0/s1. The summed E-state index contributed by atoms with van der Waals surface area (Å²) < 4.78 is 0. The molecule has 0 aliphatic carbocycles. The van der Waals surface area contributed by atoms with Gasteiger partial charge in [-0.15, -0.1) is 0 Å². The van der Waals surface area contributed by atoms with Crippen molar-refractivity contribution in [3.8, 4) is 0 Å².